The molecule has 25 heavy (non-hydrogen) atoms. The number of hydrogen-bond acceptors (Lipinski definition) is 4. The van der Waals surface area contributed by atoms with Gasteiger partial charge in [-0.1, -0.05) is 18.6 Å². The Bertz CT molecular complexity index is 522. The molecule has 1 atom stereocenters. The molecule has 0 saturated carbocycles. The first-order chi connectivity index (χ1) is 12.3. The monoisotopic (exact) mass is 345 g/mol. The molecule has 1 N–H and O–H groups in total. The Morgan fingerprint density at radius 1 is 1.20 bits per heavy atom. The minimum Gasteiger partial charge on any atom is -0.496 e. The number of piperidine rings is 2. The van der Waals surface area contributed by atoms with E-state index in [1.54, 1.807) is 7.11 Å². The van der Waals surface area contributed by atoms with Gasteiger partial charge in [-0.3, -0.25) is 4.90 Å². The fourth-order valence-corrected chi connectivity index (χ4v) is 4.26. The van der Waals surface area contributed by atoms with Crippen molar-refractivity contribution in [3.8, 4) is 5.75 Å². The Morgan fingerprint density at radius 2 is 2.04 bits per heavy atom. The zero-order valence-corrected chi connectivity index (χ0v) is 16.1. The molecule has 1 aromatic carbocycles. The maximum absolute atomic E-state index is 5.42. The second-order valence-electron chi connectivity index (χ2n) is 7.68. The molecule has 0 radical (unpaired) electrons. The Hall–Kier alpha value is -1.10. The number of benzene rings is 1. The van der Waals surface area contributed by atoms with Gasteiger partial charge in [-0.15, -0.1) is 0 Å². The predicted octanol–water partition coefficient (Wildman–Crippen LogP) is 3.04. The van der Waals surface area contributed by atoms with Crippen LogP contribution in [-0.4, -0.2) is 62.2 Å². The fraction of sp³-hybridized carbons (Fsp3) is 0.714. The van der Waals surface area contributed by atoms with E-state index in [1.807, 2.05) is 0 Å². The summed E-state index contributed by atoms with van der Waals surface area (Å²) in [7, 11) is 1.75. The maximum Gasteiger partial charge on any atom is 0.121 e. The molecule has 2 aliphatic heterocycles. The van der Waals surface area contributed by atoms with Crippen LogP contribution in [0.2, 0.25) is 0 Å². The van der Waals surface area contributed by atoms with Crippen LogP contribution in [0.3, 0.4) is 0 Å². The number of aryl methyl sites for hydroxylation is 1. The number of nitrogens with one attached hydrogen (secondary N) is 1. The van der Waals surface area contributed by atoms with Crippen molar-refractivity contribution in [3.63, 3.8) is 0 Å². The molecule has 4 heteroatoms. The van der Waals surface area contributed by atoms with E-state index >= 15 is 0 Å². The molecule has 1 unspecified atom stereocenters. The summed E-state index contributed by atoms with van der Waals surface area (Å²) in [6.45, 7) is 10.5. The summed E-state index contributed by atoms with van der Waals surface area (Å²) in [6, 6.07) is 7.31. The molecule has 0 aliphatic carbocycles. The Labute approximate surface area is 153 Å². The Balaban J connectivity index is 1.63. The number of likely N-dealkylation sites (tertiary alicyclic amines) is 1. The summed E-state index contributed by atoms with van der Waals surface area (Å²) in [4.78, 5) is 5.37. The Kier molecular flexibility index (Phi) is 7.14. The van der Waals surface area contributed by atoms with Gasteiger partial charge in [-0.05, 0) is 69.4 Å². The van der Waals surface area contributed by atoms with Crippen LogP contribution in [0.15, 0.2) is 18.2 Å². The summed E-state index contributed by atoms with van der Waals surface area (Å²) in [5, 5.41) is 3.59. The average Bonchev–Trinajstić information content (AvgIpc) is 2.67. The van der Waals surface area contributed by atoms with Gasteiger partial charge in [0.1, 0.15) is 5.75 Å². The third-order valence-electron chi connectivity index (χ3n) is 5.78. The molecule has 0 spiro atoms. The maximum atomic E-state index is 5.42. The van der Waals surface area contributed by atoms with Crippen LogP contribution in [-0.2, 0) is 6.54 Å². The SMILES string of the molecule is COc1ccc(CN(CCN2CCCCC2)C2CCCNC2)cc1C. The highest BCUT2D eigenvalue weighted by atomic mass is 16.5. The van der Waals surface area contributed by atoms with E-state index in [0.717, 1.165) is 18.8 Å². The molecular formula is C21H35N3O. The van der Waals surface area contributed by atoms with Gasteiger partial charge in [0.2, 0.25) is 0 Å². The first-order valence-electron chi connectivity index (χ1n) is 10.1. The van der Waals surface area contributed by atoms with Gasteiger partial charge in [0, 0.05) is 32.2 Å². The standard InChI is InChI=1S/C21H35N3O/c1-18-15-19(8-9-21(18)25-2)17-24(20-7-6-10-22-16-20)14-13-23-11-4-3-5-12-23/h8-9,15,20,22H,3-7,10-14,16-17H2,1-2H3. The van der Waals surface area contributed by atoms with Crippen molar-refractivity contribution in [2.24, 2.45) is 0 Å². The van der Waals surface area contributed by atoms with Gasteiger partial charge in [0.15, 0.2) is 0 Å². The van der Waals surface area contributed by atoms with Crippen LogP contribution in [0.1, 0.15) is 43.2 Å². The molecule has 140 valence electrons. The minimum absolute atomic E-state index is 0.668. The van der Waals surface area contributed by atoms with Crippen molar-refractivity contribution in [2.75, 3.05) is 46.4 Å². The number of hydrogen-bond donors (Lipinski definition) is 1. The van der Waals surface area contributed by atoms with Gasteiger partial charge >= 0.3 is 0 Å². The van der Waals surface area contributed by atoms with Crippen molar-refractivity contribution >= 4 is 0 Å². The lowest BCUT2D eigenvalue weighted by molar-refractivity contribution is 0.125. The molecule has 2 aliphatic rings. The van der Waals surface area contributed by atoms with E-state index in [4.69, 9.17) is 4.74 Å². The Morgan fingerprint density at radius 3 is 2.72 bits per heavy atom. The van der Waals surface area contributed by atoms with E-state index in [9.17, 15) is 0 Å². The normalized spacial score (nSPS) is 22.3. The van der Waals surface area contributed by atoms with Crippen LogP contribution in [0, 0.1) is 6.92 Å². The predicted molar refractivity (Wildman–Crippen MR) is 104 cm³/mol. The highest BCUT2D eigenvalue weighted by molar-refractivity contribution is 5.36. The summed E-state index contributed by atoms with van der Waals surface area (Å²) < 4.78 is 5.42. The van der Waals surface area contributed by atoms with Crippen LogP contribution >= 0.6 is 0 Å². The lowest BCUT2D eigenvalue weighted by Crippen LogP contribution is -2.48. The molecule has 4 nitrogen and oxygen atoms in total. The summed E-state index contributed by atoms with van der Waals surface area (Å²) in [6.07, 6.45) is 6.79. The lowest BCUT2D eigenvalue weighted by atomic mass is 10.0. The fourth-order valence-electron chi connectivity index (χ4n) is 4.26. The van der Waals surface area contributed by atoms with Crippen molar-refractivity contribution < 1.29 is 4.74 Å². The second-order valence-corrected chi connectivity index (χ2v) is 7.68. The van der Waals surface area contributed by atoms with Crippen molar-refractivity contribution in [1.82, 2.24) is 15.1 Å². The van der Waals surface area contributed by atoms with Crippen molar-refractivity contribution in [3.05, 3.63) is 29.3 Å². The van der Waals surface area contributed by atoms with Crippen LogP contribution in [0.5, 0.6) is 5.75 Å². The third-order valence-corrected chi connectivity index (χ3v) is 5.78. The molecule has 2 fully saturated rings. The highest BCUT2D eigenvalue weighted by Gasteiger charge is 2.22. The van der Waals surface area contributed by atoms with Gasteiger partial charge in [0.25, 0.3) is 0 Å². The second kappa shape index (κ2) is 9.56. The third kappa shape index (κ3) is 5.44. The number of ether oxygens (including phenoxy) is 1. The van der Waals surface area contributed by atoms with Crippen LogP contribution < -0.4 is 10.1 Å². The van der Waals surface area contributed by atoms with Gasteiger partial charge in [-0.2, -0.15) is 0 Å². The quantitative estimate of drug-likeness (QED) is 0.822. The molecule has 0 aromatic heterocycles. The largest absolute Gasteiger partial charge is 0.496 e. The average molecular weight is 346 g/mol. The van der Waals surface area contributed by atoms with Crippen molar-refractivity contribution in [1.29, 1.82) is 0 Å². The molecule has 3 rings (SSSR count). The smallest absolute Gasteiger partial charge is 0.121 e. The molecule has 0 bridgehead atoms. The van der Waals surface area contributed by atoms with Crippen LogP contribution in [0.4, 0.5) is 0 Å². The molecular weight excluding hydrogens is 310 g/mol. The first kappa shape index (κ1) is 18.7. The minimum atomic E-state index is 0.668. The van der Waals surface area contributed by atoms with Gasteiger partial charge in [-0.25, -0.2) is 0 Å². The zero-order valence-electron chi connectivity index (χ0n) is 16.1. The molecule has 0 amide bonds. The van der Waals surface area contributed by atoms with E-state index in [1.165, 1.54) is 76.0 Å². The molecule has 2 saturated heterocycles. The van der Waals surface area contributed by atoms with E-state index in [2.05, 4.69) is 40.2 Å². The lowest BCUT2D eigenvalue weighted by Gasteiger charge is -2.37. The van der Waals surface area contributed by atoms with E-state index < -0.39 is 0 Å². The first-order valence-corrected chi connectivity index (χ1v) is 10.1. The number of rotatable bonds is 7. The zero-order chi connectivity index (χ0) is 17.5. The van der Waals surface area contributed by atoms with Gasteiger partial charge in [0.05, 0.1) is 7.11 Å². The highest BCUT2D eigenvalue weighted by Crippen LogP contribution is 2.21. The van der Waals surface area contributed by atoms with E-state index in [0.29, 0.717) is 6.04 Å². The molecule has 1 aromatic rings. The number of nitrogens with zero attached hydrogens (tertiary/aromatic N) is 2. The van der Waals surface area contributed by atoms with Crippen molar-refractivity contribution in [2.45, 2.75) is 51.6 Å². The summed E-state index contributed by atoms with van der Waals surface area (Å²) in [5.41, 5.74) is 2.64. The number of methoxy groups -OCH3 is 1. The topological polar surface area (TPSA) is 27.7 Å². The molecule has 2 heterocycles. The summed E-state index contributed by atoms with van der Waals surface area (Å²) in [5.74, 6) is 0.989. The van der Waals surface area contributed by atoms with Crippen LogP contribution in [0.25, 0.3) is 0 Å². The van der Waals surface area contributed by atoms with Gasteiger partial charge < -0.3 is 15.0 Å². The van der Waals surface area contributed by atoms with E-state index in [-0.39, 0.29) is 0 Å². The summed E-state index contributed by atoms with van der Waals surface area (Å²) >= 11 is 0.